The molecule has 0 heterocycles. The van der Waals surface area contributed by atoms with Gasteiger partial charge >= 0.3 is 12.1 Å². The quantitative estimate of drug-likeness (QED) is 0.782. The van der Waals surface area contributed by atoms with E-state index in [2.05, 4.69) is 0 Å². The molecule has 84 valence electrons. The highest BCUT2D eigenvalue weighted by Gasteiger charge is 2.30. The van der Waals surface area contributed by atoms with Gasteiger partial charge in [0, 0.05) is 16.6 Å². The Morgan fingerprint density at radius 3 is 2.29 bits per heavy atom. The number of aliphatic carboxylic acids is 1. The summed E-state index contributed by atoms with van der Waals surface area (Å²) in [7, 11) is -1.95. The lowest BCUT2D eigenvalue weighted by Gasteiger charge is -2.10. The molecule has 1 N–H and O–H groups in total. The van der Waals surface area contributed by atoms with Crippen LogP contribution in [-0.2, 0) is 15.6 Å². The molecule has 0 aliphatic carbocycles. The number of halogens is 3. The molecule has 0 aliphatic heterocycles. The Hall–Kier alpha value is -0.590. The van der Waals surface area contributed by atoms with Crippen molar-refractivity contribution in [3.8, 4) is 0 Å². The number of hydrogen-bond donors (Lipinski definition) is 1. The van der Waals surface area contributed by atoms with E-state index >= 15 is 0 Å². The van der Waals surface area contributed by atoms with Gasteiger partial charge in [0.25, 0.3) is 0 Å². The first-order chi connectivity index (χ1) is 6.28. The summed E-state index contributed by atoms with van der Waals surface area (Å²) in [6.07, 6.45) is -5.52. The fourth-order valence-electron chi connectivity index (χ4n) is 0.832. The lowest BCUT2D eigenvalue weighted by molar-refractivity contribution is -0.137. The van der Waals surface area contributed by atoms with Gasteiger partial charge in [0.1, 0.15) is 5.25 Å². The average Bonchev–Trinajstić information content (AvgIpc) is 2.00. The molecule has 0 fully saturated rings. The highest BCUT2D eigenvalue weighted by Crippen LogP contribution is 2.20. The van der Waals surface area contributed by atoms with Crippen molar-refractivity contribution >= 4 is 16.8 Å². The van der Waals surface area contributed by atoms with Crippen LogP contribution < -0.4 is 0 Å². The monoisotopic (exact) mass is 232 g/mol. The van der Waals surface area contributed by atoms with E-state index in [-0.39, 0.29) is 6.42 Å². The van der Waals surface area contributed by atoms with Gasteiger partial charge in [-0.3, -0.25) is 9.00 Å². The molecule has 0 amide bonds. The van der Waals surface area contributed by atoms with Crippen molar-refractivity contribution in [2.75, 3.05) is 5.75 Å². The molecule has 14 heavy (non-hydrogen) atoms. The van der Waals surface area contributed by atoms with Crippen molar-refractivity contribution in [1.82, 2.24) is 0 Å². The number of hydrogen-bond acceptors (Lipinski definition) is 2. The smallest absolute Gasteiger partial charge is 0.390 e. The highest BCUT2D eigenvalue weighted by atomic mass is 32.2. The van der Waals surface area contributed by atoms with Gasteiger partial charge in [0.05, 0.1) is 6.42 Å². The van der Waals surface area contributed by atoms with Crippen LogP contribution >= 0.6 is 0 Å². The minimum Gasteiger partial charge on any atom is -0.480 e. The van der Waals surface area contributed by atoms with E-state index in [1.165, 1.54) is 6.92 Å². The van der Waals surface area contributed by atoms with Gasteiger partial charge in [-0.05, 0) is 6.42 Å². The van der Waals surface area contributed by atoms with E-state index < -0.39 is 40.4 Å². The van der Waals surface area contributed by atoms with Crippen LogP contribution in [0.25, 0.3) is 0 Å². The standard InChI is InChI=1S/C7H11F3O3S/c1-2-5(6(11)12)14(13)4-3-7(8,9)10/h5H,2-4H2,1H3,(H,11,12). The third-order valence-electron chi connectivity index (χ3n) is 1.55. The van der Waals surface area contributed by atoms with Gasteiger partial charge in [-0.25, -0.2) is 0 Å². The maximum atomic E-state index is 11.7. The van der Waals surface area contributed by atoms with Crippen LogP contribution in [0.1, 0.15) is 19.8 Å². The first-order valence-electron chi connectivity index (χ1n) is 3.94. The summed E-state index contributed by atoms with van der Waals surface area (Å²) >= 11 is 0. The maximum absolute atomic E-state index is 11.7. The molecule has 0 spiro atoms. The van der Waals surface area contributed by atoms with Crippen molar-refractivity contribution in [2.24, 2.45) is 0 Å². The number of carbonyl (C=O) groups is 1. The second-order valence-corrected chi connectivity index (χ2v) is 4.42. The fraction of sp³-hybridized carbons (Fsp3) is 0.857. The second kappa shape index (κ2) is 5.33. The molecular formula is C7H11F3O3S. The van der Waals surface area contributed by atoms with Crippen molar-refractivity contribution in [3.63, 3.8) is 0 Å². The summed E-state index contributed by atoms with van der Waals surface area (Å²) in [5.74, 6) is -1.96. The molecule has 7 heteroatoms. The zero-order chi connectivity index (χ0) is 11.4. The molecule has 0 saturated carbocycles. The van der Waals surface area contributed by atoms with Crippen molar-refractivity contribution < 1.29 is 27.3 Å². The average molecular weight is 232 g/mol. The molecule has 3 nitrogen and oxygen atoms in total. The Bertz CT molecular complexity index is 227. The number of carboxylic acids is 1. The molecule has 0 aromatic carbocycles. The van der Waals surface area contributed by atoms with Gasteiger partial charge in [-0.2, -0.15) is 13.2 Å². The van der Waals surface area contributed by atoms with Gasteiger partial charge < -0.3 is 5.11 Å². The van der Waals surface area contributed by atoms with E-state index in [1.54, 1.807) is 0 Å². The second-order valence-electron chi connectivity index (χ2n) is 2.69. The lowest BCUT2D eigenvalue weighted by Crippen LogP contribution is -2.28. The first kappa shape index (κ1) is 13.4. The minimum atomic E-state index is -4.38. The Kier molecular flexibility index (Phi) is 5.11. The summed E-state index contributed by atoms with van der Waals surface area (Å²) in [4.78, 5) is 10.4. The van der Waals surface area contributed by atoms with Crippen LogP contribution in [0.4, 0.5) is 13.2 Å². The van der Waals surface area contributed by atoms with E-state index in [1.807, 2.05) is 0 Å². The summed E-state index contributed by atoms with van der Waals surface area (Å²) < 4.78 is 46.2. The van der Waals surface area contributed by atoms with Crippen LogP contribution in [0.3, 0.4) is 0 Å². The zero-order valence-electron chi connectivity index (χ0n) is 7.50. The normalized spacial score (nSPS) is 16.3. The molecular weight excluding hydrogens is 221 g/mol. The summed E-state index contributed by atoms with van der Waals surface area (Å²) in [5, 5.41) is 7.30. The molecule has 0 aromatic rings. The molecule has 0 radical (unpaired) electrons. The largest absolute Gasteiger partial charge is 0.480 e. The van der Waals surface area contributed by atoms with E-state index in [0.29, 0.717) is 0 Å². The van der Waals surface area contributed by atoms with E-state index in [0.717, 1.165) is 0 Å². The van der Waals surface area contributed by atoms with Gasteiger partial charge in [-0.1, -0.05) is 6.92 Å². The Morgan fingerprint density at radius 2 is 2.00 bits per heavy atom. The summed E-state index contributed by atoms with van der Waals surface area (Å²) in [6.45, 7) is 1.48. The summed E-state index contributed by atoms with van der Waals surface area (Å²) in [5.41, 5.74) is 0. The predicted octanol–water partition coefficient (Wildman–Crippen LogP) is 1.55. The number of alkyl halides is 3. The number of rotatable bonds is 5. The van der Waals surface area contributed by atoms with Crippen LogP contribution in [0, 0.1) is 0 Å². The van der Waals surface area contributed by atoms with E-state index in [9.17, 15) is 22.2 Å². The van der Waals surface area contributed by atoms with Crippen LogP contribution in [0.2, 0.25) is 0 Å². The Morgan fingerprint density at radius 1 is 1.50 bits per heavy atom. The summed E-state index contributed by atoms with van der Waals surface area (Å²) in [6, 6.07) is 0. The number of carboxylic acid groups (broad SMARTS) is 1. The maximum Gasteiger partial charge on any atom is 0.390 e. The fourth-order valence-corrected chi connectivity index (χ4v) is 2.15. The predicted molar refractivity (Wildman–Crippen MR) is 45.4 cm³/mol. The molecule has 2 unspecified atom stereocenters. The van der Waals surface area contributed by atoms with Crippen molar-refractivity contribution in [1.29, 1.82) is 0 Å². The van der Waals surface area contributed by atoms with Crippen LogP contribution in [-0.4, -0.2) is 32.5 Å². The van der Waals surface area contributed by atoms with Crippen molar-refractivity contribution in [2.45, 2.75) is 31.2 Å². The minimum absolute atomic E-state index is 0.0692. The highest BCUT2D eigenvalue weighted by molar-refractivity contribution is 7.86. The van der Waals surface area contributed by atoms with Gasteiger partial charge in [-0.15, -0.1) is 0 Å². The molecule has 2 atom stereocenters. The molecule has 0 aromatic heterocycles. The zero-order valence-corrected chi connectivity index (χ0v) is 8.32. The van der Waals surface area contributed by atoms with Crippen LogP contribution in [0.5, 0.6) is 0 Å². The lowest BCUT2D eigenvalue weighted by atomic mass is 10.3. The topological polar surface area (TPSA) is 54.4 Å². The Labute approximate surface area is 81.8 Å². The Balaban J connectivity index is 4.13. The first-order valence-corrected chi connectivity index (χ1v) is 5.33. The van der Waals surface area contributed by atoms with Crippen LogP contribution in [0.15, 0.2) is 0 Å². The SMILES string of the molecule is CCC(C(=O)O)S(=O)CCC(F)(F)F. The molecule has 0 rings (SSSR count). The van der Waals surface area contributed by atoms with E-state index in [4.69, 9.17) is 5.11 Å². The van der Waals surface area contributed by atoms with Gasteiger partial charge in [0.2, 0.25) is 0 Å². The van der Waals surface area contributed by atoms with Gasteiger partial charge in [0.15, 0.2) is 0 Å². The third kappa shape index (κ3) is 5.21. The van der Waals surface area contributed by atoms with Crippen molar-refractivity contribution in [3.05, 3.63) is 0 Å². The molecule has 0 saturated heterocycles. The molecule has 0 bridgehead atoms. The third-order valence-corrected chi connectivity index (χ3v) is 3.33. The molecule has 0 aliphatic rings.